The molecule has 25 heavy (non-hydrogen) atoms. The summed E-state index contributed by atoms with van der Waals surface area (Å²) in [7, 11) is 0. The standard InChI is InChI=1S/C19H14Cl2N2O2/c20-15-7-4-13(5-8-15)14-6-9-18(21)17(11-14)19(24)22-12-16-3-1-2-10-23(16)25/h1-11H,12H2,(H,22,24). The molecule has 0 aliphatic heterocycles. The van der Waals surface area contributed by atoms with E-state index in [0.717, 1.165) is 11.1 Å². The summed E-state index contributed by atoms with van der Waals surface area (Å²) in [5.41, 5.74) is 2.57. The average Bonchev–Trinajstić information content (AvgIpc) is 2.62. The smallest absolute Gasteiger partial charge is 0.253 e. The lowest BCUT2D eigenvalue weighted by Gasteiger charge is -2.09. The minimum Gasteiger partial charge on any atom is -0.618 e. The van der Waals surface area contributed by atoms with Crippen LogP contribution in [0, 0.1) is 5.21 Å². The Morgan fingerprint density at radius 1 is 1.00 bits per heavy atom. The second-order valence-corrected chi connectivity index (χ2v) is 6.25. The van der Waals surface area contributed by atoms with Crippen LogP contribution in [0.25, 0.3) is 11.1 Å². The number of hydrogen-bond acceptors (Lipinski definition) is 2. The molecule has 0 radical (unpaired) electrons. The van der Waals surface area contributed by atoms with Crippen LogP contribution in [0.15, 0.2) is 66.9 Å². The van der Waals surface area contributed by atoms with Gasteiger partial charge in [-0.25, -0.2) is 0 Å². The Hall–Kier alpha value is -2.56. The van der Waals surface area contributed by atoms with Crippen molar-refractivity contribution in [2.24, 2.45) is 0 Å². The fourth-order valence-electron chi connectivity index (χ4n) is 2.39. The van der Waals surface area contributed by atoms with E-state index < -0.39 is 0 Å². The van der Waals surface area contributed by atoms with E-state index in [2.05, 4.69) is 5.32 Å². The molecule has 1 N–H and O–H groups in total. The molecule has 0 bridgehead atoms. The summed E-state index contributed by atoms with van der Waals surface area (Å²) < 4.78 is 0.714. The van der Waals surface area contributed by atoms with Crippen LogP contribution >= 0.6 is 23.2 Å². The lowest BCUT2D eigenvalue weighted by Crippen LogP contribution is -2.35. The number of carbonyl (C=O) groups excluding carboxylic acids is 1. The van der Waals surface area contributed by atoms with Crippen molar-refractivity contribution < 1.29 is 9.52 Å². The van der Waals surface area contributed by atoms with E-state index in [-0.39, 0.29) is 12.5 Å². The van der Waals surface area contributed by atoms with Gasteiger partial charge in [-0.05, 0) is 41.5 Å². The van der Waals surface area contributed by atoms with Gasteiger partial charge in [0.1, 0.15) is 6.54 Å². The highest BCUT2D eigenvalue weighted by Crippen LogP contribution is 2.26. The molecular weight excluding hydrogens is 359 g/mol. The molecule has 0 fully saturated rings. The van der Waals surface area contributed by atoms with Gasteiger partial charge in [0.2, 0.25) is 5.69 Å². The zero-order chi connectivity index (χ0) is 17.8. The van der Waals surface area contributed by atoms with Gasteiger partial charge in [0, 0.05) is 17.2 Å². The van der Waals surface area contributed by atoms with Crippen LogP contribution in [-0.4, -0.2) is 5.91 Å². The van der Waals surface area contributed by atoms with Crippen LogP contribution in [0.1, 0.15) is 16.1 Å². The molecule has 2 aromatic carbocycles. The molecule has 0 atom stereocenters. The lowest BCUT2D eigenvalue weighted by molar-refractivity contribution is -0.614. The molecule has 0 aliphatic rings. The molecule has 1 aromatic heterocycles. The second kappa shape index (κ2) is 7.55. The summed E-state index contributed by atoms with van der Waals surface area (Å²) in [6.07, 6.45) is 1.38. The third kappa shape index (κ3) is 4.10. The monoisotopic (exact) mass is 372 g/mol. The molecule has 0 aliphatic carbocycles. The van der Waals surface area contributed by atoms with Crippen molar-refractivity contribution in [3.63, 3.8) is 0 Å². The molecule has 0 saturated heterocycles. The topological polar surface area (TPSA) is 56.0 Å². The highest BCUT2D eigenvalue weighted by atomic mass is 35.5. The van der Waals surface area contributed by atoms with Crippen molar-refractivity contribution in [1.29, 1.82) is 0 Å². The summed E-state index contributed by atoms with van der Waals surface area (Å²) in [6, 6.07) is 17.6. The SMILES string of the molecule is O=C(NCc1cccc[n+]1[O-])c1cc(-c2ccc(Cl)cc2)ccc1Cl. The Morgan fingerprint density at radius 2 is 1.72 bits per heavy atom. The first kappa shape index (κ1) is 17.3. The van der Waals surface area contributed by atoms with E-state index in [4.69, 9.17) is 23.2 Å². The van der Waals surface area contributed by atoms with Crippen molar-refractivity contribution in [1.82, 2.24) is 5.32 Å². The number of nitrogens with zero attached hydrogens (tertiary/aromatic N) is 1. The van der Waals surface area contributed by atoms with Crippen molar-refractivity contribution in [2.75, 3.05) is 0 Å². The number of carbonyl (C=O) groups is 1. The normalized spacial score (nSPS) is 10.5. The molecule has 0 unspecified atom stereocenters. The third-order valence-electron chi connectivity index (χ3n) is 3.72. The Bertz CT molecular complexity index is 912. The van der Waals surface area contributed by atoms with E-state index in [9.17, 15) is 10.0 Å². The number of pyridine rings is 1. The zero-order valence-electron chi connectivity index (χ0n) is 13.1. The molecule has 3 rings (SSSR count). The summed E-state index contributed by atoms with van der Waals surface area (Å²) in [5, 5.41) is 15.3. The fraction of sp³-hybridized carbons (Fsp3) is 0.0526. The summed E-state index contributed by atoms with van der Waals surface area (Å²) >= 11 is 12.1. The minimum absolute atomic E-state index is 0.116. The third-order valence-corrected chi connectivity index (χ3v) is 4.30. The molecule has 1 amide bonds. The van der Waals surface area contributed by atoms with Crippen LogP contribution in [0.5, 0.6) is 0 Å². The summed E-state index contributed by atoms with van der Waals surface area (Å²) in [6.45, 7) is 0.116. The van der Waals surface area contributed by atoms with Crippen molar-refractivity contribution in [2.45, 2.75) is 6.54 Å². The lowest BCUT2D eigenvalue weighted by atomic mass is 10.0. The number of hydrogen-bond donors (Lipinski definition) is 1. The van der Waals surface area contributed by atoms with Gasteiger partial charge in [0.05, 0.1) is 10.6 Å². The first-order valence-electron chi connectivity index (χ1n) is 7.55. The zero-order valence-corrected chi connectivity index (χ0v) is 14.6. The van der Waals surface area contributed by atoms with Crippen LogP contribution in [0.2, 0.25) is 10.0 Å². The van der Waals surface area contributed by atoms with Crippen molar-refractivity contribution >= 4 is 29.1 Å². The maximum Gasteiger partial charge on any atom is 0.253 e. The number of nitrogens with one attached hydrogen (secondary N) is 1. The van der Waals surface area contributed by atoms with E-state index >= 15 is 0 Å². The Labute approximate surface area is 155 Å². The molecule has 3 aromatic rings. The first-order chi connectivity index (χ1) is 12.0. The number of halogens is 2. The number of benzene rings is 2. The second-order valence-electron chi connectivity index (χ2n) is 5.40. The van der Waals surface area contributed by atoms with Gasteiger partial charge in [-0.15, -0.1) is 0 Å². The van der Waals surface area contributed by atoms with Crippen LogP contribution < -0.4 is 10.0 Å². The van der Waals surface area contributed by atoms with Gasteiger partial charge in [0.15, 0.2) is 6.20 Å². The van der Waals surface area contributed by atoms with Crippen molar-refractivity contribution in [3.8, 4) is 11.1 Å². The van der Waals surface area contributed by atoms with Gasteiger partial charge in [-0.1, -0.05) is 41.4 Å². The number of rotatable bonds is 4. The Morgan fingerprint density at radius 3 is 2.44 bits per heavy atom. The molecule has 126 valence electrons. The van der Waals surface area contributed by atoms with Crippen LogP contribution in [0.3, 0.4) is 0 Å². The van der Waals surface area contributed by atoms with Gasteiger partial charge in [-0.2, -0.15) is 4.73 Å². The average molecular weight is 373 g/mol. The van der Waals surface area contributed by atoms with E-state index in [1.807, 2.05) is 18.2 Å². The van der Waals surface area contributed by atoms with Gasteiger partial charge in [0.25, 0.3) is 5.91 Å². The highest BCUT2D eigenvalue weighted by molar-refractivity contribution is 6.34. The summed E-state index contributed by atoms with van der Waals surface area (Å²) in [5.74, 6) is -0.343. The van der Waals surface area contributed by atoms with Crippen LogP contribution in [0.4, 0.5) is 0 Å². The van der Waals surface area contributed by atoms with E-state index in [1.165, 1.54) is 6.20 Å². The highest BCUT2D eigenvalue weighted by Gasteiger charge is 2.13. The molecule has 1 heterocycles. The Balaban J connectivity index is 1.81. The fourth-order valence-corrected chi connectivity index (χ4v) is 2.72. The molecule has 6 heteroatoms. The van der Waals surface area contributed by atoms with Gasteiger partial charge in [-0.3, -0.25) is 4.79 Å². The predicted octanol–water partition coefficient (Wildman–Crippen LogP) is 4.22. The maximum atomic E-state index is 12.5. The summed E-state index contributed by atoms with van der Waals surface area (Å²) in [4.78, 5) is 12.5. The maximum absolute atomic E-state index is 12.5. The molecule has 0 saturated carbocycles. The Kier molecular flexibility index (Phi) is 5.22. The van der Waals surface area contributed by atoms with Gasteiger partial charge >= 0.3 is 0 Å². The van der Waals surface area contributed by atoms with E-state index in [1.54, 1.807) is 42.5 Å². The predicted molar refractivity (Wildman–Crippen MR) is 98.5 cm³/mol. The molecular formula is C19H14Cl2N2O2. The largest absolute Gasteiger partial charge is 0.618 e. The quantitative estimate of drug-likeness (QED) is 0.550. The van der Waals surface area contributed by atoms with Crippen molar-refractivity contribution in [3.05, 3.63) is 93.4 Å². The first-order valence-corrected chi connectivity index (χ1v) is 8.31. The molecule has 0 spiro atoms. The molecule has 4 nitrogen and oxygen atoms in total. The van der Waals surface area contributed by atoms with E-state index in [0.29, 0.717) is 26.0 Å². The minimum atomic E-state index is -0.343. The van der Waals surface area contributed by atoms with Crippen LogP contribution in [-0.2, 0) is 6.54 Å². The number of aromatic nitrogens is 1. The number of amides is 1. The van der Waals surface area contributed by atoms with Gasteiger partial charge < -0.3 is 10.5 Å².